The maximum atomic E-state index is 6.05. The quantitative estimate of drug-likeness (QED) is 0.724. The van der Waals surface area contributed by atoms with E-state index in [1.807, 2.05) is 31.2 Å². The van der Waals surface area contributed by atoms with Crippen LogP contribution in [-0.4, -0.2) is 23.3 Å². The first-order valence-corrected chi connectivity index (χ1v) is 8.27. The Bertz CT molecular complexity index is 796. The van der Waals surface area contributed by atoms with E-state index in [-0.39, 0.29) is 5.92 Å². The van der Waals surface area contributed by atoms with E-state index in [9.17, 15) is 0 Å². The minimum absolute atomic E-state index is 0.0874. The molecule has 4 heteroatoms. The molecule has 0 amide bonds. The summed E-state index contributed by atoms with van der Waals surface area (Å²) in [5.74, 6) is 1.01. The largest absolute Gasteiger partial charge is 0.494 e. The zero-order chi connectivity index (χ0) is 16.9. The molecule has 124 valence electrons. The van der Waals surface area contributed by atoms with Gasteiger partial charge < -0.3 is 10.5 Å². The van der Waals surface area contributed by atoms with Gasteiger partial charge in [-0.2, -0.15) is 5.10 Å². The molecule has 0 radical (unpaired) electrons. The Labute approximate surface area is 142 Å². The molecule has 24 heavy (non-hydrogen) atoms. The summed E-state index contributed by atoms with van der Waals surface area (Å²) in [7, 11) is 0. The van der Waals surface area contributed by atoms with E-state index >= 15 is 0 Å². The van der Waals surface area contributed by atoms with E-state index in [1.165, 1.54) is 5.56 Å². The van der Waals surface area contributed by atoms with Gasteiger partial charge in [0.1, 0.15) is 5.75 Å². The topological polar surface area (TPSA) is 63.9 Å². The molecule has 0 aliphatic heterocycles. The van der Waals surface area contributed by atoms with E-state index in [0.717, 1.165) is 28.3 Å². The van der Waals surface area contributed by atoms with Crippen LogP contribution >= 0.6 is 0 Å². The van der Waals surface area contributed by atoms with Gasteiger partial charge in [-0.1, -0.05) is 42.5 Å². The first-order chi connectivity index (χ1) is 11.7. The summed E-state index contributed by atoms with van der Waals surface area (Å²) in [5, 5.41) is 7.60. The fourth-order valence-corrected chi connectivity index (χ4v) is 2.92. The van der Waals surface area contributed by atoms with Gasteiger partial charge in [0.25, 0.3) is 0 Å². The smallest absolute Gasteiger partial charge is 0.122 e. The van der Waals surface area contributed by atoms with Crippen molar-refractivity contribution < 1.29 is 4.74 Å². The summed E-state index contributed by atoms with van der Waals surface area (Å²) in [4.78, 5) is 0. The number of ether oxygens (including phenoxy) is 1. The van der Waals surface area contributed by atoms with Crippen molar-refractivity contribution in [2.45, 2.75) is 19.8 Å². The van der Waals surface area contributed by atoms with Crippen molar-refractivity contribution >= 4 is 0 Å². The Morgan fingerprint density at radius 3 is 2.58 bits per heavy atom. The highest BCUT2D eigenvalue weighted by atomic mass is 16.5. The molecule has 1 aromatic heterocycles. The summed E-state index contributed by atoms with van der Waals surface area (Å²) < 4.78 is 5.62. The maximum absolute atomic E-state index is 6.05. The molecule has 0 spiro atoms. The summed E-state index contributed by atoms with van der Waals surface area (Å²) in [6.45, 7) is 5.24. The van der Waals surface area contributed by atoms with Crippen LogP contribution in [0.3, 0.4) is 0 Å². The Kier molecular flexibility index (Phi) is 4.96. The number of benzene rings is 2. The van der Waals surface area contributed by atoms with Crippen molar-refractivity contribution in [3.05, 3.63) is 71.4 Å². The van der Waals surface area contributed by atoms with Gasteiger partial charge in [0.05, 0.1) is 12.3 Å². The van der Waals surface area contributed by atoms with Gasteiger partial charge in [0.15, 0.2) is 0 Å². The standard InChI is InChI=1S/C20H23N3O/c1-3-24-20-10-9-16(11-14(20)2)17(13-21)19-12-18(22-23-19)15-7-5-4-6-8-15/h4-12,17H,3,13,21H2,1-2H3,(H,22,23). The summed E-state index contributed by atoms with van der Waals surface area (Å²) >= 11 is 0. The molecule has 0 aliphatic rings. The SMILES string of the molecule is CCOc1ccc(C(CN)c2cc(-c3ccccc3)n[nH]2)cc1C. The average Bonchev–Trinajstić information content (AvgIpc) is 3.09. The zero-order valence-corrected chi connectivity index (χ0v) is 14.1. The van der Waals surface area contributed by atoms with Crippen molar-refractivity contribution in [2.24, 2.45) is 5.73 Å². The van der Waals surface area contributed by atoms with Crippen LogP contribution in [0.5, 0.6) is 5.75 Å². The van der Waals surface area contributed by atoms with Crippen molar-refractivity contribution in [1.82, 2.24) is 10.2 Å². The first kappa shape index (κ1) is 16.3. The highest BCUT2D eigenvalue weighted by Gasteiger charge is 2.17. The second kappa shape index (κ2) is 7.32. The second-order valence-corrected chi connectivity index (χ2v) is 5.82. The number of rotatable bonds is 6. The molecule has 4 nitrogen and oxygen atoms in total. The van der Waals surface area contributed by atoms with Gasteiger partial charge in [0, 0.05) is 23.7 Å². The molecule has 3 aromatic rings. The minimum Gasteiger partial charge on any atom is -0.494 e. The molecular formula is C20H23N3O. The lowest BCUT2D eigenvalue weighted by atomic mass is 9.94. The van der Waals surface area contributed by atoms with E-state index in [4.69, 9.17) is 10.5 Å². The van der Waals surface area contributed by atoms with E-state index in [0.29, 0.717) is 13.2 Å². The predicted molar refractivity (Wildman–Crippen MR) is 97.3 cm³/mol. The fourth-order valence-electron chi connectivity index (χ4n) is 2.92. The normalized spacial score (nSPS) is 12.1. The minimum atomic E-state index is 0.0874. The van der Waals surface area contributed by atoms with Crippen LogP contribution in [0.2, 0.25) is 0 Å². The number of aromatic nitrogens is 2. The molecule has 1 atom stereocenters. The van der Waals surface area contributed by atoms with Crippen molar-refractivity contribution in [3.63, 3.8) is 0 Å². The Balaban J connectivity index is 1.89. The lowest BCUT2D eigenvalue weighted by Gasteiger charge is -2.16. The molecule has 0 saturated carbocycles. The molecular weight excluding hydrogens is 298 g/mol. The summed E-state index contributed by atoms with van der Waals surface area (Å²) in [5.41, 5.74) is 11.4. The summed E-state index contributed by atoms with van der Waals surface area (Å²) in [6, 6.07) is 18.5. The van der Waals surface area contributed by atoms with E-state index in [1.54, 1.807) is 0 Å². The number of nitrogens with two attached hydrogens (primary N) is 1. The van der Waals surface area contributed by atoms with Crippen LogP contribution in [-0.2, 0) is 0 Å². The van der Waals surface area contributed by atoms with Crippen molar-refractivity contribution in [1.29, 1.82) is 0 Å². The van der Waals surface area contributed by atoms with Crippen LogP contribution < -0.4 is 10.5 Å². The van der Waals surface area contributed by atoms with Crippen molar-refractivity contribution in [3.8, 4) is 17.0 Å². The van der Waals surface area contributed by atoms with Gasteiger partial charge >= 0.3 is 0 Å². The maximum Gasteiger partial charge on any atom is 0.122 e. The predicted octanol–water partition coefficient (Wildman–Crippen LogP) is 3.87. The molecule has 1 heterocycles. The average molecular weight is 321 g/mol. The molecule has 0 aliphatic carbocycles. The molecule has 0 saturated heterocycles. The van der Waals surface area contributed by atoms with Gasteiger partial charge in [0.2, 0.25) is 0 Å². The molecule has 0 fully saturated rings. The lowest BCUT2D eigenvalue weighted by Crippen LogP contribution is -2.14. The highest BCUT2D eigenvalue weighted by molar-refractivity contribution is 5.59. The van der Waals surface area contributed by atoms with Crippen LogP contribution in [0.1, 0.15) is 29.7 Å². The van der Waals surface area contributed by atoms with Gasteiger partial charge in [-0.05, 0) is 37.1 Å². The van der Waals surface area contributed by atoms with Crippen LogP contribution in [0.25, 0.3) is 11.3 Å². The summed E-state index contributed by atoms with van der Waals surface area (Å²) in [6.07, 6.45) is 0. The number of H-pyrrole nitrogens is 1. The number of nitrogens with zero attached hydrogens (tertiary/aromatic N) is 1. The van der Waals surface area contributed by atoms with E-state index in [2.05, 4.69) is 47.5 Å². The number of aromatic amines is 1. The third kappa shape index (κ3) is 3.34. The lowest BCUT2D eigenvalue weighted by molar-refractivity contribution is 0.337. The first-order valence-electron chi connectivity index (χ1n) is 8.27. The molecule has 0 bridgehead atoms. The van der Waals surface area contributed by atoms with Crippen LogP contribution in [0.15, 0.2) is 54.6 Å². The number of hydrogen-bond donors (Lipinski definition) is 2. The van der Waals surface area contributed by atoms with Gasteiger partial charge in [-0.25, -0.2) is 0 Å². The van der Waals surface area contributed by atoms with E-state index < -0.39 is 0 Å². The monoisotopic (exact) mass is 321 g/mol. The Morgan fingerprint density at radius 1 is 1.12 bits per heavy atom. The van der Waals surface area contributed by atoms with Gasteiger partial charge in [-0.3, -0.25) is 5.10 Å². The highest BCUT2D eigenvalue weighted by Crippen LogP contribution is 2.29. The molecule has 3 rings (SSSR count). The second-order valence-electron chi connectivity index (χ2n) is 5.82. The van der Waals surface area contributed by atoms with Crippen molar-refractivity contribution in [2.75, 3.05) is 13.2 Å². The number of hydrogen-bond acceptors (Lipinski definition) is 3. The molecule has 3 N–H and O–H groups in total. The third-order valence-corrected chi connectivity index (χ3v) is 4.18. The Hall–Kier alpha value is -2.59. The molecule has 1 unspecified atom stereocenters. The number of aryl methyl sites for hydroxylation is 1. The molecule has 2 aromatic carbocycles. The fraction of sp³-hybridized carbons (Fsp3) is 0.250. The number of nitrogens with one attached hydrogen (secondary N) is 1. The third-order valence-electron chi connectivity index (χ3n) is 4.18. The zero-order valence-electron chi connectivity index (χ0n) is 14.1. The Morgan fingerprint density at radius 2 is 1.92 bits per heavy atom. The van der Waals surface area contributed by atoms with Gasteiger partial charge in [-0.15, -0.1) is 0 Å². The van der Waals surface area contributed by atoms with Crippen LogP contribution in [0.4, 0.5) is 0 Å². The van der Waals surface area contributed by atoms with Crippen LogP contribution in [0, 0.1) is 6.92 Å².